The predicted octanol–water partition coefficient (Wildman–Crippen LogP) is 2.35. The highest BCUT2D eigenvalue weighted by atomic mass is 19.1. The van der Waals surface area contributed by atoms with Gasteiger partial charge >= 0.3 is 0 Å². The smallest absolute Gasteiger partial charge is 0.128 e. The molecule has 0 amide bonds. The van der Waals surface area contributed by atoms with Gasteiger partial charge in [-0.05, 0) is 26.3 Å². The Bertz CT molecular complexity index is 653. The fourth-order valence-corrected chi connectivity index (χ4v) is 3.46. The van der Waals surface area contributed by atoms with E-state index < -0.39 is 11.0 Å². The third-order valence-corrected chi connectivity index (χ3v) is 4.85. The van der Waals surface area contributed by atoms with Crippen molar-refractivity contribution in [1.29, 1.82) is 5.26 Å². The van der Waals surface area contributed by atoms with Crippen LogP contribution in [0.2, 0.25) is 0 Å². The van der Waals surface area contributed by atoms with Crippen LogP contribution in [-0.4, -0.2) is 18.5 Å². The molecule has 0 spiro atoms. The van der Waals surface area contributed by atoms with Gasteiger partial charge in [-0.3, -0.25) is 4.99 Å². The van der Waals surface area contributed by atoms with Crippen LogP contribution in [0.25, 0.3) is 0 Å². The molecule has 0 unspecified atom stereocenters. The third kappa shape index (κ3) is 1.86. The normalized spacial score (nSPS) is 38.5. The number of fused-ring (bicyclic) bond motifs is 1. The van der Waals surface area contributed by atoms with Crippen molar-refractivity contribution in [2.75, 3.05) is 6.61 Å². The lowest BCUT2D eigenvalue weighted by molar-refractivity contribution is 0.0996. The number of benzene rings is 1. The first-order valence-corrected chi connectivity index (χ1v) is 7.06. The highest BCUT2D eigenvalue weighted by Gasteiger charge is 2.56. The van der Waals surface area contributed by atoms with Crippen LogP contribution in [-0.2, 0) is 10.3 Å². The Morgan fingerprint density at radius 3 is 2.86 bits per heavy atom. The summed E-state index contributed by atoms with van der Waals surface area (Å²) in [6.07, 6.45) is 0.433. The molecule has 21 heavy (non-hydrogen) atoms. The Kier molecular flexibility index (Phi) is 3.03. The lowest BCUT2D eigenvalue weighted by Crippen LogP contribution is -2.49. The molecule has 4 atom stereocenters. The second-order valence-corrected chi connectivity index (χ2v) is 6.17. The number of nitriles is 1. The summed E-state index contributed by atoms with van der Waals surface area (Å²) < 4.78 is 20.1. The van der Waals surface area contributed by atoms with Gasteiger partial charge in [0.1, 0.15) is 22.6 Å². The lowest BCUT2D eigenvalue weighted by Gasteiger charge is -2.41. The van der Waals surface area contributed by atoms with Gasteiger partial charge in [0.05, 0.1) is 18.8 Å². The van der Waals surface area contributed by atoms with E-state index in [-0.39, 0.29) is 23.7 Å². The van der Waals surface area contributed by atoms with Crippen LogP contribution in [0.15, 0.2) is 29.3 Å². The van der Waals surface area contributed by atoms with Crippen LogP contribution in [0.5, 0.6) is 0 Å². The molecular formula is C16H18FN3O. The van der Waals surface area contributed by atoms with E-state index in [1.165, 1.54) is 6.07 Å². The van der Waals surface area contributed by atoms with Gasteiger partial charge in [-0.1, -0.05) is 18.2 Å². The molecule has 1 aromatic rings. The molecule has 4 nitrogen and oxygen atoms in total. The van der Waals surface area contributed by atoms with Crippen molar-refractivity contribution in [3.63, 3.8) is 0 Å². The summed E-state index contributed by atoms with van der Waals surface area (Å²) in [5.41, 5.74) is 4.92. The zero-order chi connectivity index (χ0) is 15.3. The van der Waals surface area contributed by atoms with Gasteiger partial charge in [0.25, 0.3) is 0 Å². The third-order valence-electron chi connectivity index (χ3n) is 4.85. The van der Waals surface area contributed by atoms with E-state index in [1.54, 1.807) is 25.1 Å². The molecule has 0 radical (unpaired) electrons. The largest absolute Gasteiger partial charge is 0.386 e. The number of aliphatic imine (C=N–C) groups is 1. The second-order valence-electron chi connectivity index (χ2n) is 6.17. The van der Waals surface area contributed by atoms with Gasteiger partial charge in [0, 0.05) is 11.5 Å². The molecule has 1 saturated heterocycles. The summed E-state index contributed by atoms with van der Waals surface area (Å²) in [5, 5.41) is 9.41. The van der Waals surface area contributed by atoms with Crippen molar-refractivity contribution in [3.05, 3.63) is 35.6 Å². The first kappa shape index (κ1) is 14.0. The molecule has 0 aliphatic carbocycles. The van der Waals surface area contributed by atoms with Gasteiger partial charge in [-0.15, -0.1) is 0 Å². The number of hydrogen-bond donors (Lipinski definition) is 1. The van der Waals surface area contributed by atoms with Crippen LogP contribution in [0.4, 0.5) is 4.39 Å². The Balaban J connectivity index is 2.20. The number of hydrogen-bond acceptors (Lipinski definition) is 4. The number of halogens is 1. The predicted molar refractivity (Wildman–Crippen MR) is 76.9 cm³/mol. The van der Waals surface area contributed by atoms with Crippen molar-refractivity contribution in [2.45, 2.75) is 31.9 Å². The van der Waals surface area contributed by atoms with Gasteiger partial charge in [-0.2, -0.15) is 5.26 Å². The van der Waals surface area contributed by atoms with Crippen LogP contribution < -0.4 is 5.73 Å². The van der Waals surface area contributed by atoms with E-state index in [0.29, 0.717) is 18.6 Å². The molecule has 2 aliphatic heterocycles. The van der Waals surface area contributed by atoms with Crippen LogP contribution in [0.3, 0.4) is 0 Å². The molecule has 0 bridgehead atoms. The second kappa shape index (κ2) is 4.54. The summed E-state index contributed by atoms with van der Waals surface area (Å²) in [5.74, 6) is -0.106. The quantitative estimate of drug-likeness (QED) is 0.861. The van der Waals surface area contributed by atoms with E-state index in [1.807, 2.05) is 6.92 Å². The number of nitrogens with zero attached hydrogens (tertiary/aromatic N) is 2. The highest BCUT2D eigenvalue weighted by Crippen LogP contribution is 2.51. The first-order chi connectivity index (χ1) is 9.93. The van der Waals surface area contributed by atoms with Gasteiger partial charge in [0.15, 0.2) is 0 Å². The van der Waals surface area contributed by atoms with Crippen molar-refractivity contribution in [3.8, 4) is 6.07 Å². The molecule has 2 aliphatic rings. The molecule has 0 saturated carbocycles. The average molecular weight is 287 g/mol. The summed E-state index contributed by atoms with van der Waals surface area (Å²) in [7, 11) is 0. The topological polar surface area (TPSA) is 71.4 Å². The first-order valence-electron chi connectivity index (χ1n) is 7.06. The number of amidine groups is 1. The molecular weight excluding hydrogens is 269 g/mol. The SMILES string of the molecule is C[C@H]1OC[C@]2(c3ccccc3F)N=C(N)[C@](C)(C#N)C[C@H]12. The molecule has 1 aromatic carbocycles. The van der Waals surface area contributed by atoms with Crippen molar-refractivity contribution in [2.24, 2.45) is 22.1 Å². The van der Waals surface area contributed by atoms with E-state index in [4.69, 9.17) is 10.5 Å². The molecule has 5 heteroatoms. The summed E-state index contributed by atoms with van der Waals surface area (Å²) in [6.45, 7) is 4.02. The van der Waals surface area contributed by atoms with Crippen molar-refractivity contribution < 1.29 is 9.13 Å². The maximum absolute atomic E-state index is 14.3. The minimum absolute atomic E-state index is 0.0636. The Labute approximate surface area is 123 Å². The number of rotatable bonds is 1. The standard InChI is InChI=1S/C16H18FN3O/c1-10-12-7-15(2,8-18)14(19)20-16(12,9-21-10)11-5-3-4-6-13(11)17/h3-6,10,12H,7,9H2,1-2H3,(H2,19,20)/t10-,12-,15+,16-/m1/s1. The summed E-state index contributed by atoms with van der Waals surface area (Å²) in [6, 6.07) is 8.84. The van der Waals surface area contributed by atoms with Gasteiger partial charge < -0.3 is 10.5 Å². The average Bonchev–Trinajstić information content (AvgIpc) is 2.78. The minimum atomic E-state index is -0.818. The Morgan fingerprint density at radius 1 is 1.48 bits per heavy atom. The van der Waals surface area contributed by atoms with Crippen LogP contribution >= 0.6 is 0 Å². The molecule has 1 fully saturated rings. The van der Waals surface area contributed by atoms with E-state index in [9.17, 15) is 9.65 Å². The van der Waals surface area contributed by atoms with Crippen molar-refractivity contribution >= 4 is 5.84 Å². The minimum Gasteiger partial charge on any atom is -0.386 e. The Morgan fingerprint density at radius 2 is 2.19 bits per heavy atom. The zero-order valence-corrected chi connectivity index (χ0v) is 12.1. The van der Waals surface area contributed by atoms with Gasteiger partial charge in [0.2, 0.25) is 0 Å². The number of ether oxygens (including phenoxy) is 1. The monoisotopic (exact) mass is 287 g/mol. The fourth-order valence-electron chi connectivity index (χ4n) is 3.46. The molecule has 2 heterocycles. The molecule has 2 N–H and O–H groups in total. The Hall–Kier alpha value is -1.93. The number of nitrogens with two attached hydrogens (primary N) is 1. The van der Waals surface area contributed by atoms with E-state index in [2.05, 4.69) is 11.1 Å². The molecule has 0 aromatic heterocycles. The molecule has 3 rings (SSSR count). The maximum Gasteiger partial charge on any atom is 0.128 e. The van der Waals surface area contributed by atoms with Crippen molar-refractivity contribution in [1.82, 2.24) is 0 Å². The summed E-state index contributed by atoms with van der Waals surface area (Å²) >= 11 is 0. The van der Waals surface area contributed by atoms with Gasteiger partial charge in [-0.25, -0.2) is 4.39 Å². The fraction of sp³-hybridized carbons (Fsp3) is 0.500. The highest BCUT2D eigenvalue weighted by molar-refractivity contribution is 5.90. The zero-order valence-electron chi connectivity index (χ0n) is 12.1. The maximum atomic E-state index is 14.3. The van der Waals surface area contributed by atoms with Crippen LogP contribution in [0, 0.1) is 28.5 Å². The molecule has 110 valence electrons. The van der Waals surface area contributed by atoms with E-state index in [0.717, 1.165) is 0 Å². The van der Waals surface area contributed by atoms with E-state index >= 15 is 0 Å². The van der Waals surface area contributed by atoms with Crippen LogP contribution in [0.1, 0.15) is 25.8 Å². The lowest BCUT2D eigenvalue weighted by atomic mass is 9.67. The summed E-state index contributed by atoms with van der Waals surface area (Å²) in [4.78, 5) is 4.59.